The number of anilines is 1. The molecule has 2 N–H and O–H groups in total. The van der Waals surface area contributed by atoms with E-state index in [9.17, 15) is 0 Å². The van der Waals surface area contributed by atoms with E-state index in [0.717, 1.165) is 22.6 Å². The summed E-state index contributed by atoms with van der Waals surface area (Å²) in [7, 11) is 1.65. The second-order valence-corrected chi connectivity index (χ2v) is 4.75. The number of nitrogens with two attached hydrogens (primary N) is 1. The van der Waals surface area contributed by atoms with E-state index in [4.69, 9.17) is 10.5 Å². The number of nitrogens with zero attached hydrogens (tertiary/aromatic N) is 3. The Hall–Kier alpha value is -2.82. The maximum Gasteiger partial charge on any atom is 0.155 e. The van der Waals surface area contributed by atoms with Gasteiger partial charge in [0.25, 0.3) is 0 Å². The first-order valence-corrected chi connectivity index (χ1v) is 6.62. The molecule has 0 aliphatic heterocycles. The normalized spacial score (nSPS) is 10.6. The molecule has 5 nitrogen and oxygen atoms in total. The number of aromatic nitrogens is 3. The molecule has 5 heteroatoms. The number of methoxy groups -OCH3 is 1. The van der Waals surface area contributed by atoms with Crippen LogP contribution in [0.15, 0.2) is 48.5 Å². The zero-order chi connectivity index (χ0) is 14.8. The summed E-state index contributed by atoms with van der Waals surface area (Å²) < 4.78 is 6.86. The van der Waals surface area contributed by atoms with E-state index in [0.29, 0.717) is 11.5 Å². The van der Waals surface area contributed by atoms with E-state index in [-0.39, 0.29) is 0 Å². The minimum atomic E-state index is 0.523. The van der Waals surface area contributed by atoms with Crippen LogP contribution in [-0.4, -0.2) is 22.1 Å². The topological polar surface area (TPSA) is 66.0 Å². The van der Waals surface area contributed by atoms with Crippen molar-refractivity contribution >= 4 is 5.82 Å². The molecule has 21 heavy (non-hydrogen) atoms. The van der Waals surface area contributed by atoms with Crippen LogP contribution in [0.3, 0.4) is 0 Å². The molecule has 2 aromatic carbocycles. The third kappa shape index (κ3) is 2.33. The van der Waals surface area contributed by atoms with Gasteiger partial charge in [-0.15, -0.1) is 5.10 Å². The van der Waals surface area contributed by atoms with Crippen LogP contribution < -0.4 is 10.5 Å². The fourth-order valence-corrected chi connectivity index (χ4v) is 2.27. The van der Waals surface area contributed by atoms with Crippen LogP contribution in [0.2, 0.25) is 0 Å². The third-order valence-corrected chi connectivity index (χ3v) is 3.39. The standard InChI is InChI=1S/C16H16N4O/c1-11-10-13(21-2)8-9-14(11)15-16(17)20(19-18-15)12-6-4-3-5-7-12/h3-10H,17H2,1-2H3. The predicted octanol–water partition coefficient (Wildman–Crippen LogP) is 2.83. The lowest BCUT2D eigenvalue weighted by atomic mass is 10.1. The Morgan fingerprint density at radius 3 is 2.52 bits per heavy atom. The van der Waals surface area contributed by atoms with Gasteiger partial charge in [-0.3, -0.25) is 0 Å². The van der Waals surface area contributed by atoms with Crippen LogP contribution in [0.5, 0.6) is 5.75 Å². The van der Waals surface area contributed by atoms with Crippen LogP contribution in [0.4, 0.5) is 5.82 Å². The van der Waals surface area contributed by atoms with Crippen LogP contribution in [0.25, 0.3) is 16.9 Å². The van der Waals surface area contributed by atoms with Gasteiger partial charge in [0, 0.05) is 5.56 Å². The fourth-order valence-electron chi connectivity index (χ4n) is 2.27. The number of rotatable bonds is 3. The lowest BCUT2D eigenvalue weighted by molar-refractivity contribution is 0.414. The average Bonchev–Trinajstić information content (AvgIpc) is 2.89. The summed E-state index contributed by atoms with van der Waals surface area (Å²) in [5, 5.41) is 8.38. The zero-order valence-electron chi connectivity index (χ0n) is 11.9. The molecule has 0 bridgehead atoms. The average molecular weight is 280 g/mol. The minimum absolute atomic E-state index is 0.523. The number of hydrogen-bond donors (Lipinski definition) is 1. The highest BCUT2D eigenvalue weighted by Gasteiger charge is 2.15. The summed E-state index contributed by atoms with van der Waals surface area (Å²) in [5.41, 5.74) is 9.78. The Morgan fingerprint density at radius 1 is 1.10 bits per heavy atom. The molecule has 1 aromatic heterocycles. The van der Waals surface area contributed by atoms with Crippen molar-refractivity contribution < 1.29 is 4.74 Å². The van der Waals surface area contributed by atoms with E-state index < -0.39 is 0 Å². The van der Waals surface area contributed by atoms with Crippen molar-refractivity contribution in [1.29, 1.82) is 0 Å². The highest BCUT2D eigenvalue weighted by atomic mass is 16.5. The first-order chi connectivity index (χ1) is 10.2. The second-order valence-electron chi connectivity index (χ2n) is 4.75. The molecule has 0 aliphatic rings. The first kappa shape index (κ1) is 13.2. The zero-order valence-corrected chi connectivity index (χ0v) is 11.9. The Bertz CT molecular complexity index is 765. The van der Waals surface area contributed by atoms with Gasteiger partial charge in [-0.1, -0.05) is 23.4 Å². The van der Waals surface area contributed by atoms with E-state index >= 15 is 0 Å². The Labute approximate surface area is 123 Å². The molecule has 0 atom stereocenters. The fraction of sp³-hybridized carbons (Fsp3) is 0.125. The molecule has 1 heterocycles. The molecular formula is C16H16N4O. The van der Waals surface area contributed by atoms with Crippen LogP contribution in [-0.2, 0) is 0 Å². The van der Waals surface area contributed by atoms with Gasteiger partial charge in [0.1, 0.15) is 11.4 Å². The van der Waals surface area contributed by atoms with Gasteiger partial charge in [0.2, 0.25) is 0 Å². The Morgan fingerprint density at radius 2 is 1.86 bits per heavy atom. The van der Waals surface area contributed by atoms with Crippen molar-refractivity contribution in [2.24, 2.45) is 0 Å². The number of ether oxygens (including phenoxy) is 1. The summed E-state index contributed by atoms with van der Waals surface area (Å²) in [5.74, 6) is 1.33. The van der Waals surface area contributed by atoms with Crippen molar-refractivity contribution in [2.75, 3.05) is 12.8 Å². The quantitative estimate of drug-likeness (QED) is 0.801. The first-order valence-electron chi connectivity index (χ1n) is 6.62. The monoisotopic (exact) mass is 280 g/mol. The smallest absolute Gasteiger partial charge is 0.155 e. The molecule has 3 aromatic rings. The summed E-state index contributed by atoms with van der Waals surface area (Å²) in [6.07, 6.45) is 0. The van der Waals surface area contributed by atoms with Gasteiger partial charge < -0.3 is 10.5 Å². The number of hydrogen-bond acceptors (Lipinski definition) is 4. The number of aryl methyl sites for hydroxylation is 1. The molecule has 0 saturated carbocycles. The van der Waals surface area contributed by atoms with Gasteiger partial charge in [-0.05, 0) is 42.8 Å². The lowest BCUT2D eigenvalue weighted by Gasteiger charge is -2.07. The molecule has 0 spiro atoms. The van der Waals surface area contributed by atoms with Crippen molar-refractivity contribution in [2.45, 2.75) is 6.92 Å². The maximum absolute atomic E-state index is 6.21. The van der Waals surface area contributed by atoms with E-state index in [1.165, 1.54) is 0 Å². The SMILES string of the molecule is COc1ccc(-c2nnn(-c3ccccc3)c2N)c(C)c1. The van der Waals surface area contributed by atoms with Crippen LogP contribution in [0, 0.1) is 6.92 Å². The molecule has 0 aliphatic carbocycles. The summed E-state index contributed by atoms with van der Waals surface area (Å²) in [6.45, 7) is 2.00. The molecule has 3 rings (SSSR count). The van der Waals surface area contributed by atoms with Crippen molar-refractivity contribution in [3.05, 3.63) is 54.1 Å². The number of para-hydroxylation sites is 1. The summed E-state index contributed by atoms with van der Waals surface area (Å²) >= 11 is 0. The van der Waals surface area contributed by atoms with Gasteiger partial charge in [-0.25, -0.2) is 0 Å². The van der Waals surface area contributed by atoms with E-state index in [1.54, 1.807) is 11.8 Å². The molecule has 0 fully saturated rings. The second kappa shape index (κ2) is 5.28. The Kier molecular flexibility index (Phi) is 3.31. The predicted molar refractivity (Wildman–Crippen MR) is 82.5 cm³/mol. The molecule has 0 saturated heterocycles. The van der Waals surface area contributed by atoms with Crippen molar-refractivity contribution in [1.82, 2.24) is 15.0 Å². The third-order valence-electron chi connectivity index (χ3n) is 3.39. The van der Waals surface area contributed by atoms with Gasteiger partial charge in [-0.2, -0.15) is 4.68 Å². The van der Waals surface area contributed by atoms with Gasteiger partial charge in [0.15, 0.2) is 5.82 Å². The van der Waals surface area contributed by atoms with Gasteiger partial charge in [0.05, 0.1) is 12.8 Å². The molecule has 106 valence electrons. The maximum atomic E-state index is 6.21. The van der Waals surface area contributed by atoms with Crippen LogP contribution in [0.1, 0.15) is 5.56 Å². The Balaban J connectivity index is 2.07. The molecule has 0 radical (unpaired) electrons. The summed E-state index contributed by atoms with van der Waals surface area (Å²) in [6, 6.07) is 15.5. The van der Waals surface area contributed by atoms with E-state index in [2.05, 4.69) is 10.3 Å². The largest absolute Gasteiger partial charge is 0.497 e. The van der Waals surface area contributed by atoms with Crippen LogP contribution >= 0.6 is 0 Å². The molecule has 0 unspecified atom stereocenters. The highest BCUT2D eigenvalue weighted by Crippen LogP contribution is 2.30. The van der Waals surface area contributed by atoms with E-state index in [1.807, 2.05) is 55.5 Å². The lowest BCUT2D eigenvalue weighted by Crippen LogP contribution is -2.02. The summed E-state index contributed by atoms with van der Waals surface area (Å²) in [4.78, 5) is 0. The van der Waals surface area contributed by atoms with Gasteiger partial charge >= 0.3 is 0 Å². The highest BCUT2D eigenvalue weighted by molar-refractivity contribution is 5.74. The molecule has 0 amide bonds. The number of benzene rings is 2. The number of nitrogen functional groups attached to an aromatic ring is 1. The van der Waals surface area contributed by atoms with Crippen molar-refractivity contribution in [3.8, 4) is 22.7 Å². The van der Waals surface area contributed by atoms with Crippen molar-refractivity contribution in [3.63, 3.8) is 0 Å². The minimum Gasteiger partial charge on any atom is -0.497 e. The molecular weight excluding hydrogens is 264 g/mol.